The van der Waals surface area contributed by atoms with E-state index in [1.54, 1.807) is 11.3 Å². The molecular formula is C19H20N2O2S. The first-order valence-corrected chi connectivity index (χ1v) is 9.34. The van der Waals surface area contributed by atoms with Gasteiger partial charge in [-0.1, -0.05) is 18.9 Å². The van der Waals surface area contributed by atoms with Gasteiger partial charge in [0.25, 0.3) is 0 Å². The molecule has 1 fully saturated rings. The van der Waals surface area contributed by atoms with E-state index in [9.17, 15) is 9.59 Å². The Morgan fingerprint density at radius 3 is 2.83 bits per heavy atom. The van der Waals surface area contributed by atoms with Crippen LogP contribution in [-0.2, 0) is 21.4 Å². The number of hydrogen-bond acceptors (Lipinski definition) is 3. The number of rotatable bonds is 4. The number of fused-ring (bicyclic) bond motifs is 2. The lowest BCUT2D eigenvalue weighted by molar-refractivity contribution is -0.120. The standard InChI is InChI=1S/C19H20N2O2S/c22-17(8-6-14-4-3-11-24-14)20-13-5-7-16-15(12-13)19(18(23)21-16)9-1-2-10-19/h3-5,7,11-12H,1-2,6,8-10H2,(H,20,22)(H,21,23). The molecule has 2 heterocycles. The zero-order valence-electron chi connectivity index (χ0n) is 13.4. The second-order valence-corrected chi connectivity index (χ2v) is 7.66. The largest absolute Gasteiger partial charge is 0.326 e. The first-order chi connectivity index (χ1) is 11.7. The molecule has 24 heavy (non-hydrogen) atoms. The lowest BCUT2D eigenvalue weighted by Crippen LogP contribution is -2.31. The van der Waals surface area contributed by atoms with E-state index in [1.165, 1.54) is 4.88 Å². The zero-order chi connectivity index (χ0) is 16.6. The molecule has 1 aromatic carbocycles. The maximum absolute atomic E-state index is 12.4. The molecule has 5 heteroatoms. The number of carbonyl (C=O) groups excluding carboxylic acids is 2. The van der Waals surface area contributed by atoms with Crippen molar-refractivity contribution in [3.05, 3.63) is 46.2 Å². The lowest BCUT2D eigenvalue weighted by Gasteiger charge is -2.21. The van der Waals surface area contributed by atoms with E-state index in [0.29, 0.717) is 6.42 Å². The van der Waals surface area contributed by atoms with E-state index in [0.717, 1.165) is 49.0 Å². The van der Waals surface area contributed by atoms with Crippen molar-refractivity contribution in [3.8, 4) is 0 Å². The number of nitrogens with one attached hydrogen (secondary N) is 2. The summed E-state index contributed by atoms with van der Waals surface area (Å²) in [6.45, 7) is 0. The average Bonchev–Trinajstić information content (AvgIpc) is 3.30. The van der Waals surface area contributed by atoms with E-state index < -0.39 is 0 Å². The van der Waals surface area contributed by atoms with E-state index in [1.807, 2.05) is 29.6 Å². The zero-order valence-corrected chi connectivity index (χ0v) is 14.2. The summed E-state index contributed by atoms with van der Waals surface area (Å²) in [5.74, 6) is 0.136. The van der Waals surface area contributed by atoms with Crippen molar-refractivity contribution in [1.82, 2.24) is 0 Å². The Labute approximate surface area is 145 Å². The third kappa shape index (κ3) is 2.63. The van der Waals surface area contributed by atoms with Crippen LogP contribution in [0.2, 0.25) is 0 Å². The van der Waals surface area contributed by atoms with Gasteiger partial charge in [-0.05, 0) is 54.5 Å². The molecule has 1 spiro atoms. The lowest BCUT2D eigenvalue weighted by atomic mass is 9.80. The summed E-state index contributed by atoms with van der Waals surface area (Å²) < 4.78 is 0. The van der Waals surface area contributed by atoms with Crippen LogP contribution in [0.4, 0.5) is 11.4 Å². The van der Waals surface area contributed by atoms with Crippen LogP contribution in [0.1, 0.15) is 42.5 Å². The fourth-order valence-electron chi connectivity index (χ4n) is 3.88. The van der Waals surface area contributed by atoms with Gasteiger partial charge in [-0.15, -0.1) is 11.3 Å². The first kappa shape index (κ1) is 15.4. The highest BCUT2D eigenvalue weighted by atomic mass is 32.1. The Kier molecular flexibility index (Phi) is 3.88. The number of anilines is 2. The third-order valence-electron chi connectivity index (χ3n) is 5.14. The molecule has 2 aliphatic rings. The molecular weight excluding hydrogens is 320 g/mol. The molecule has 0 unspecified atom stereocenters. The van der Waals surface area contributed by atoms with Crippen LogP contribution in [0, 0.1) is 0 Å². The van der Waals surface area contributed by atoms with Gasteiger partial charge in [0.15, 0.2) is 0 Å². The maximum atomic E-state index is 12.4. The van der Waals surface area contributed by atoms with Crippen molar-refractivity contribution >= 4 is 34.5 Å². The summed E-state index contributed by atoms with van der Waals surface area (Å²) in [5, 5.41) is 8.01. The summed E-state index contributed by atoms with van der Waals surface area (Å²) in [7, 11) is 0. The van der Waals surface area contributed by atoms with E-state index >= 15 is 0 Å². The van der Waals surface area contributed by atoms with Gasteiger partial charge in [0, 0.05) is 22.7 Å². The summed E-state index contributed by atoms with van der Waals surface area (Å²) in [6, 6.07) is 9.82. The number of amides is 2. The molecule has 4 rings (SSSR count). The molecule has 0 saturated heterocycles. The molecule has 1 saturated carbocycles. The Hall–Kier alpha value is -2.14. The van der Waals surface area contributed by atoms with Crippen molar-refractivity contribution in [1.29, 1.82) is 0 Å². The predicted molar refractivity (Wildman–Crippen MR) is 96.5 cm³/mol. The maximum Gasteiger partial charge on any atom is 0.235 e. The fourth-order valence-corrected chi connectivity index (χ4v) is 4.59. The van der Waals surface area contributed by atoms with Crippen LogP contribution in [0.3, 0.4) is 0 Å². The van der Waals surface area contributed by atoms with Gasteiger partial charge in [-0.25, -0.2) is 0 Å². The van der Waals surface area contributed by atoms with Crippen molar-refractivity contribution in [2.24, 2.45) is 0 Å². The van der Waals surface area contributed by atoms with Crippen LogP contribution < -0.4 is 10.6 Å². The normalized spacial score (nSPS) is 17.8. The molecule has 0 atom stereocenters. The second kappa shape index (κ2) is 6.06. The minimum atomic E-state index is -0.368. The molecule has 2 N–H and O–H groups in total. The van der Waals surface area contributed by atoms with Crippen LogP contribution in [0.5, 0.6) is 0 Å². The highest BCUT2D eigenvalue weighted by Crippen LogP contribution is 2.49. The summed E-state index contributed by atoms with van der Waals surface area (Å²) in [5.41, 5.74) is 2.37. The Morgan fingerprint density at radius 2 is 2.08 bits per heavy atom. The molecule has 0 bridgehead atoms. The van der Waals surface area contributed by atoms with E-state index in [4.69, 9.17) is 0 Å². The first-order valence-electron chi connectivity index (χ1n) is 8.46. The Morgan fingerprint density at radius 1 is 1.25 bits per heavy atom. The molecule has 124 valence electrons. The number of hydrogen-bond donors (Lipinski definition) is 2. The molecule has 1 aromatic heterocycles. The van der Waals surface area contributed by atoms with Crippen molar-refractivity contribution in [2.45, 2.75) is 43.9 Å². The minimum Gasteiger partial charge on any atom is -0.326 e. The van der Waals surface area contributed by atoms with Crippen LogP contribution >= 0.6 is 11.3 Å². The van der Waals surface area contributed by atoms with Crippen molar-refractivity contribution in [3.63, 3.8) is 0 Å². The molecule has 0 radical (unpaired) electrons. The average molecular weight is 340 g/mol. The van der Waals surface area contributed by atoms with Gasteiger partial charge < -0.3 is 10.6 Å². The second-order valence-electron chi connectivity index (χ2n) is 6.63. The summed E-state index contributed by atoms with van der Waals surface area (Å²) in [6.07, 6.45) is 5.22. The van der Waals surface area contributed by atoms with E-state index in [-0.39, 0.29) is 17.2 Å². The van der Waals surface area contributed by atoms with Crippen molar-refractivity contribution < 1.29 is 9.59 Å². The van der Waals surface area contributed by atoms with Crippen LogP contribution in [0.15, 0.2) is 35.7 Å². The quantitative estimate of drug-likeness (QED) is 0.881. The molecule has 1 aliphatic heterocycles. The third-order valence-corrected chi connectivity index (χ3v) is 6.07. The van der Waals surface area contributed by atoms with Gasteiger partial charge in [0.2, 0.25) is 11.8 Å². The molecule has 2 amide bonds. The monoisotopic (exact) mass is 340 g/mol. The van der Waals surface area contributed by atoms with Gasteiger partial charge in [-0.3, -0.25) is 9.59 Å². The van der Waals surface area contributed by atoms with E-state index in [2.05, 4.69) is 16.7 Å². The SMILES string of the molecule is O=C(CCc1cccs1)Nc1ccc2c(c1)C1(CCCC1)C(=O)N2. The van der Waals surface area contributed by atoms with Gasteiger partial charge in [-0.2, -0.15) is 0 Å². The van der Waals surface area contributed by atoms with Crippen LogP contribution in [0.25, 0.3) is 0 Å². The number of benzene rings is 1. The molecule has 4 nitrogen and oxygen atoms in total. The fraction of sp³-hybridized carbons (Fsp3) is 0.368. The predicted octanol–water partition coefficient (Wildman–Crippen LogP) is 4.08. The summed E-state index contributed by atoms with van der Waals surface area (Å²) in [4.78, 5) is 25.8. The van der Waals surface area contributed by atoms with Gasteiger partial charge >= 0.3 is 0 Å². The smallest absolute Gasteiger partial charge is 0.235 e. The number of aryl methyl sites for hydroxylation is 1. The highest BCUT2D eigenvalue weighted by Gasteiger charge is 2.48. The van der Waals surface area contributed by atoms with Crippen molar-refractivity contribution in [2.75, 3.05) is 10.6 Å². The van der Waals surface area contributed by atoms with Gasteiger partial charge in [0.1, 0.15) is 0 Å². The molecule has 1 aliphatic carbocycles. The number of thiophene rings is 1. The Bertz CT molecular complexity index is 777. The van der Waals surface area contributed by atoms with Gasteiger partial charge in [0.05, 0.1) is 5.41 Å². The topological polar surface area (TPSA) is 58.2 Å². The van der Waals surface area contributed by atoms with Crippen LogP contribution in [-0.4, -0.2) is 11.8 Å². The molecule has 2 aromatic rings. The number of carbonyl (C=O) groups is 2. The highest BCUT2D eigenvalue weighted by molar-refractivity contribution is 7.09. The summed E-state index contributed by atoms with van der Waals surface area (Å²) >= 11 is 1.67. The Balaban J connectivity index is 1.48. The minimum absolute atomic E-state index is 0.0149.